The van der Waals surface area contributed by atoms with Crippen LogP contribution in [0.1, 0.15) is 30.5 Å². The summed E-state index contributed by atoms with van der Waals surface area (Å²) in [6.45, 7) is 2.04. The van der Waals surface area contributed by atoms with E-state index in [4.69, 9.17) is 9.47 Å². The Morgan fingerprint density at radius 1 is 1.08 bits per heavy atom. The maximum Gasteiger partial charge on any atom is 0.223 e. The van der Waals surface area contributed by atoms with Crippen molar-refractivity contribution in [1.82, 2.24) is 4.90 Å². The van der Waals surface area contributed by atoms with Gasteiger partial charge in [-0.15, -0.1) is 0 Å². The molecule has 0 saturated carbocycles. The van der Waals surface area contributed by atoms with Crippen LogP contribution < -0.4 is 9.47 Å². The molecule has 2 aromatic carbocycles. The molecule has 24 heavy (non-hydrogen) atoms. The van der Waals surface area contributed by atoms with Gasteiger partial charge in [0.15, 0.2) is 0 Å². The van der Waals surface area contributed by atoms with Crippen LogP contribution in [0.5, 0.6) is 11.5 Å². The lowest BCUT2D eigenvalue weighted by atomic mass is 10.0. The van der Waals surface area contributed by atoms with Crippen LogP contribution in [0.4, 0.5) is 0 Å². The molecule has 0 radical (unpaired) electrons. The number of carbonyl (C=O) groups excluding carboxylic acids is 1. The fraction of sp³-hybridized carbons (Fsp3) is 0.350. The maximum absolute atomic E-state index is 12.5. The number of hydrogen-bond acceptors (Lipinski definition) is 3. The Bertz CT molecular complexity index is 670. The highest BCUT2D eigenvalue weighted by molar-refractivity contribution is 5.76. The van der Waals surface area contributed by atoms with Gasteiger partial charge >= 0.3 is 0 Å². The number of benzene rings is 2. The van der Waals surface area contributed by atoms with Gasteiger partial charge in [0.1, 0.15) is 11.5 Å². The normalized spacial score (nSPS) is 11.7. The molecule has 0 bridgehead atoms. The SMILES string of the molecule is COc1ccc(OC)c(CCC(=O)N(C)C(C)c2ccccc2)c1. The van der Waals surface area contributed by atoms with Gasteiger partial charge in [-0.3, -0.25) is 4.79 Å². The summed E-state index contributed by atoms with van der Waals surface area (Å²) in [4.78, 5) is 14.3. The second-order valence-corrected chi connectivity index (χ2v) is 5.77. The average molecular weight is 327 g/mol. The third kappa shape index (κ3) is 4.28. The van der Waals surface area contributed by atoms with Crippen molar-refractivity contribution in [3.8, 4) is 11.5 Å². The molecule has 0 fully saturated rings. The largest absolute Gasteiger partial charge is 0.497 e. The molecule has 0 aliphatic rings. The zero-order valence-corrected chi connectivity index (χ0v) is 14.8. The Morgan fingerprint density at radius 2 is 1.79 bits per heavy atom. The number of methoxy groups -OCH3 is 2. The van der Waals surface area contributed by atoms with Gasteiger partial charge in [-0.2, -0.15) is 0 Å². The van der Waals surface area contributed by atoms with E-state index in [0.717, 1.165) is 22.6 Å². The predicted octanol–water partition coefficient (Wildman–Crippen LogP) is 3.86. The zero-order chi connectivity index (χ0) is 17.5. The molecule has 2 rings (SSSR count). The first kappa shape index (κ1) is 17.9. The monoisotopic (exact) mass is 327 g/mol. The summed E-state index contributed by atoms with van der Waals surface area (Å²) in [6.07, 6.45) is 1.04. The molecule has 1 atom stereocenters. The standard InChI is InChI=1S/C20H25NO3/c1-15(16-8-6-5-7-9-16)21(2)20(22)13-10-17-14-18(23-3)11-12-19(17)24-4/h5-9,11-12,14-15H,10,13H2,1-4H3. The highest BCUT2D eigenvalue weighted by Gasteiger charge is 2.17. The first-order valence-electron chi connectivity index (χ1n) is 8.08. The van der Waals surface area contributed by atoms with Crippen molar-refractivity contribution in [3.63, 3.8) is 0 Å². The predicted molar refractivity (Wildman–Crippen MR) is 95.5 cm³/mol. The average Bonchev–Trinajstić information content (AvgIpc) is 2.65. The Hall–Kier alpha value is -2.49. The third-order valence-corrected chi connectivity index (χ3v) is 4.35. The summed E-state index contributed by atoms with van der Waals surface area (Å²) in [5.74, 6) is 1.66. The van der Waals surface area contributed by atoms with Gasteiger partial charge < -0.3 is 14.4 Å². The Labute approximate surface area is 144 Å². The van der Waals surface area contributed by atoms with E-state index < -0.39 is 0 Å². The van der Waals surface area contributed by atoms with Crippen LogP contribution in [-0.4, -0.2) is 32.1 Å². The van der Waals surface area contributed by atoms with E-state index in [0.29, 0.717) is 12.8 Å². The first-order chi connectivity index (χ1) is 11.6. The van der Waals surface area contributed by atoms with Crippen molar-refractivity contribution < 1.29 is 14.3 Å². The molecule has 0 aliphatic carbocycles. The van der Waals surface area contributed by atoms with Gasteiger partial charge in [-0.1, -0.05) is 30.3 Å². The summed E-state index contributed by atoms with van der Waals surface area (Å²) in [6, 6.07) is 15.7. The topological polar surface area (TPSA) is 38.8 Å². The fourth-order valence-corrected chi connectivity index (χ4v) is 2.67. The molecule has 1 unspecified atom stereocenters. The summed E-state index contributed by atoms with van der Waals surface area (Å²) in [5.41, 5.74) is 2.11. The van der Waals surface area contributed by atoms with Crippen molar-refractivity contribution >= 4 is 5.91 Å². The molecule has 128 valence electrons. The molecule has 0 aromatic heterocycles. The molecule has 4 nitrogen and oxygen atoms in total. The van der Waals surface area contributed by atoms with E-state index in [-0.39, 0.29) is 11.9 Å². The molecular formula is C20H25NO3. The summed E-state index contributed by atoms with van der Waals surface area (Å²) in [5, 5.41) is 0. The fourth-order valence-electron chi connectivity index (χ4n) is 2.67. The van der Waals surface area contributed by atoms with Gasteiger partial charge in [-0.05, 0) is 42.7 Å². The second-order valence-electron chi connectivity index (χ2n) is 5.77. The van der Waals surface area contributed by atoms with Crippen LogP contribution in [0.3, 0.4) is 0 Å². The third-order valence-electron chi connectivity index (χ3n) is 4.35. The highest BCUT2D eigenvalue weighted by Crippen LogP contribution is 2.26. The van der Waals surface area contributed by atoms with Crippen LogP contribution in [0.15, 0.2) is 48.5 Å². The van der Waals surface area contributed by atoms with Gasteiger partial charge in [0, 0.05) is 13.5 Å². The zero-order valence-electron chi connectivity index (χ0n) is 14.8. The van der Waals surface area contributed by atoms with Crippen molar-refractivity contribution in [2.45, 2.75) is 25.8 Å². The number of amides is 1. The van der Waals surface area contributed by atoms with Crippen molar-refractivity contribution in [2.75, 3.05) is 21.3 Å². The van der Waals surface area contributed by atoms with Crippen LogP contribution in [-0.2, 0) is 11.2 Å². The van der Waals surface area contributed by atoms with Crippen LogP contribution in [0.25, 0.3) is 0 Å². The Morgan fingerprint density at radius 3 is 2.42 bits per heavy atom. The Kier molecular flexibility index (Phi) is 6.24. The maximum atomic E-state index is 12.5. The quantitative estimate of drug-likeness (QED) is 0.775. The van der Waals surface area contributed by atoms with E-state index in [9.17, 15) is 4.79 Å². The van der Waals surface area contributed by atoms with Crippen molar-refractivity contribution in [1.29, 1.82) is 0 Å². The molecular weight excluding hydrogens is 302 g/mol. The van der Waals surface area contributed by atoms with Crippen molar-refractivity contribution in [2.24, 2.45) is 0 Å². The molecule has 0 aliphatic heterocycles. The molecule has 0 saturated heterocycles. The lowest BCUT2D eigenvalue weighted by Crippen LogP contribution is -2.29. The van der Waals surface area contributed by atoms with Crippen LogP contribution in [0, 0.1) is 0 Å². The first-order valence-corrected chi connectivity index (χ1v) is 8.08. The smallest absolute Gasteiger partial charge is 0.223 e. The Balaban J connectivity index is 2.02. The molecule has 0 heterocycles. The number of carbonyl (C=O) groups is 1. The van der Waals surface area contributed by atoms with Gasteiger partial charge in [-0.25, -0.2) is 0 Å². The minimum Gasteiger partial charge on any atom is -0.497 e. The van der Waals surface area contributed by atoms with Crippen LogP contribution >= 0.6 is 0 Å². The second kappa shape index (κ2) is 8.39. The van der Waals surface area contributed by atoms with Crippen molar-refractivity contribution in [3.05, 3.63) is 59.7 Å². The number of hydrogen-bond donors (Lipinski definition) is 0. The molecule has 1 amide bonds. The van der Waals surface area contributed by atoms with E-state index in [2.05, 4.69) is 0 Å². The molecule has 2 aromatic rings. The van der Waals surface area contributed by atoms with E-state index >= 15 is 0 Å². The number of aryl methyl sites for hydroxylation is 1. The van der Waals surface area contributed by atoms with E-state index in [1.807, 2.05) is 62.5 Å². The number of nitrogens with zero attached hydrogens (tertiary/aromatic N) is 1. The van der Waals surface area contributed by atoms with Gasteiger partial charge in [0.2, 0.25) is 5.91 Å². The van der Waals surface area contributed by atoms with E-state index in [1.165, 1.54) is 0 Å². The lowest BCUT2D eigenvalue weighted by molar-refractivity contribution is -0.131. The minimum atomic E-state index is 0.0471. The summed E-state index contributed by atoms with van der Waals surface area (Å²) < 4.78 is 10.6. The molecule has 0 N–H and O–H groups in total. The molecule has 4 heteroatoms. The van der Waals surface area contributed by atoms with E-state index in [1.54, 1.807) is 19.1 Å². The minimum absolute atomic E-state index is 0.0471. The van der Waals surface area contributed by atoms with Crippen LogP contribution in [0.2, 0.25) is 0 Å². The number of ether oxygens (including phenoxy) is 2. The number of rotatable bonds is 7. The van der Waals surface area contributed by atoms with Gasteiger partial charge in [0.25, 0.3) is 0 Å². The summed E-state index contributed by atoms with van der Waals surface area (Å²) >= 11 is 0. The lowest BCUT2D eigenvalue weighted by Gasteiger charge is -2.25. The highest BCUT2D eigenvalue weighted by atomic mass is 16.5. The molecule has 0 spiro atoms. The van der Waals surface area contributed by atoms with Gasteiger partial charge in [0.05, 0.1) is 20.3 Å². The summed E-state index contributed by atoms with van der Waals surface area (Å²) in [7, 11) is 5.12.